The van der Waals surface area contributed by atoms with Gasteiger partial charge in [-0.3, -0.25) is 14.5 Å². The number of urea groups is 1. The van der Waals surface area contributed by atoms with Crippen LogP contribution in [0.25, 0.3) is 0 Å². The molecule has 1 N–H and O–H groups in total. The van der Waals surface area contributed by atoms with Crippen LogP contribution >= 0.6 is 0 Å². The second kappa shape index (κ2) is 13.7. The Bertz CT molecular complexity index is 1150. The van der Waals surface area contributed by atoms with Gasteiger partial charge in [-0.1, -0.05) is 43.2 Å². The molecule has 0 unspecified atom stereocenters. The van der Waals surface area contributed by atoms with Crippen molar-refractivity contribution in [2.75, 3.05) is 25.6 Å². The quantitative estimate of drug-likeness (QED) is 0.198. The van der Waals surface area contributed by atoms with Crippen molar-refractivity contribution in [1.29, 1.82) is 0 Å². The first kappa shape index (κ1) is 26.5. The van der Waals surface area contributed by atoms with E-state index in [0.29, 0.717) is 35.6 Å². The first-order valence-corrected chi connectivity index (χ1v) is 12.0. The van der Waals surface area contributed by atoms with Crippen molar-refractivity contribution in [1.82, 2.24) is 5.32 Å². The summed E-state index contributed by atoms with van der Waals surface area (Å²) in [6.07, 6.45) is 5.14. The summed E-state index contributed by atoms with van der Waals surface area (Å²) in [4.78, 5) is 38.1. The number of nitrogens with zero attached hydrogens (tertiary/aromatic N) is 1. The third kappa shape index (κ3) is 7.43. The molecule has 3 aromatic rings. The Morgan fingerprint density at radius 2 is 1.58 bits per heavy atom. The van der Waals surface area contributed by atoms with E-state index in [2.05, 4.69) is 29.6 Å². The predicted octanol–water partition coefficient (Wildman–Crippen LogP) is 5.41. The van der Waals surface area contributed by atoms with Crippen molar-refractivity contribution >= 4 is 24.0 Å². The van der Waals surface area contributed by atoms with Crippen LogP contribution in [0, 0.1) is 0 Å². The van der Waals surface area contributed by atoms with Crippen LogP contribution < -0.4 is 19.7 Å². The number of nitrogens with one attached hydrogen (secondary N) is 1. The Hall–Kier alpha value is -4.13. The number of aryl methyl sites for hydroxylation is 1. The van der Waals surface area contributed by atoms with Gasteiger partial charge < -0.3 is 14.8 Å². The maximum absolute atomic E-state index is 13.0. The number of hydrogen-bond donors (Lipinski definition) is 1. The molecule has 0 heterocycles. The van der Waals surface area contributed by atoms with Crippen molar-refractivity contribution in [2.45, 2.75) is 32.1 Å². The van der Waals surface area contributed by atoms with Crippen LogP contribution in [0.5, 0.6) is 11.5 Å². The van der Waals surface area contributed by atoms with Gasteiger partial charge in [0.15, 0.2) is 11.5 Å². The van der Waals surface area contributed by atoms with Gasteiger partial charge >= 0.3 is 6.03 Å². The summed E-state index contributed by atoms with van der Waals surface area (Å²) in [6.45, 7) is 0.827. The Labute approximate surface area is 212 Å². The Morgan fingerprint density at radius 1 is 0.889 bits per heavy atom. The van der Waals surface area contributed by atoms with Crippen LogP contribution in [0.2, 0.25) is 0 Å². The second-order valence-electron chi connectivity index (χ2n) is 8.39. The minimum Gasteiger partial charge on any atom is -0.497 e. The van der Waals surface area contributed by atoms with E-state index in [0.717, 1.165) is 32.1 Å². The first-order valence-electron chi connectivity index (χ1n) is 12.0. The third-order valence-electron chi connectivity index (χ3n) is 5.93. The standard InChI is InChI=1S/C29H32N2O5/c1-31(29(34)30-19-9-4-3-6-10-22-11-7-5-8-12-22)26-20-24(15-18-27(26)36-21-32)28(33)23-13-16-25(35-2)17-14-23/h5,7-8,11-18,20-21H,3-4,6,9-10,19H2,1-2H3,(H,30,34). The van der Waals surface area contributed by atoms with E-state index < -0.39 is 0 Å². The second-order valence-corrected chi connectivity index (χ2v) is 8.39. The number of carbonyl (C=O) groups excluding carboxylic acids is 3. The summed E-state index contributed by atoms with van der Waals surface area (Å²) < 4.78 is 10.2. The number of anilines is 1. The number of rotatable bonds is 13. The normalized spacial score (nSPS) is 10.4. The molecule has 0 aliphatic heterocycles. The molecule has 0 spiro atoms. The van der Waals surface area contributed by atoms with Crippen molar-refractivity contribution < 1.29 is 23.9 Å². The summed E-state index contributed by atoms with van der Waals surface area (Å²) in [5.41, 5.74) is 2.51. The summed E-state index contributed by atoms with van der Waals surface area (Å²) in [6, 6.07) is 21.4. The zero-order valence-electron chi connectivity index (χ0n) is 20.7. The molecule has 0 bridgehead atoms. The van der Waals surface area contributed by atoms with E-state index in [1.165, 1.54) is 16.5 Å². The van der Waals surface area contributed by atoms with Crippen molar-refractivity contribution in [3.8, 4) is 11.5 Å². The lowest BCUT2D eigenvalue weighted by Crippen LogP contribution is -2.38. The van der Waals surface area contributed by atoms with Crippen molar-refractivity contribution in [3.05, 3.63) is 89.5 Å². The lowest BCUT2D eigenvalue weighted by atomic mass is 10.0. The smallest absolute Gasteiger partial charge is 0.321 e. The minimum atomic E-state index is -0.343. The number of benzene rings is 3. The molecule has 0 saturated heterocycles. The molecule has 0 saturated carbocycles. The third-order valence-corrected chi connectivity index (χ3v) is 5.93. The molecular formula is C29H32N2O5. The van der Waals surface area contributed by atoms with E-state index in [4.69, 9.17) is 9.47 Å². The topological polar surface area (TPSA) is 84.9 Å². The fraction of sp³-hybridized carbons (Fsp3) is 0.276. The van der Waals surface area contributed by atoms with Gasteiger partial charge in [-0.15, -0.1) is 0 Å². The molecule has 7 heteroatoms. The highest BCUT2D eigenvalue weighted by atomic mass is 16.5. The van der Waals surface area contributed by atoms with E-state index >= 15 is 0 Å². The van der Waals surface area contributed by atoms with Crippen LogP contribution in [0.15, 0.2) is 72.8 Å². The predicted molar refractivity (Wildman–Crippen MR) is 140 cm³/mol. The largest absolute Gasteiger partial charge is 0.497 e. The summed E-state index contributed by atoms with van der Waals surface area (Å²) in [5, 5.41) is 2.90. The highest BCUT2D eigenvalue weighted by Gasteiger charge is 2.19. The highest BCUT2D eigenvalue weighted by Crippen LogP contribution is 2.30. The molecular weight excluding hydrogens is 456 g/mol. The lowest BCUT2D eigenvalue weighted by Gasteiger charge is -2.21. The molecule has 0 aliphatic carbocycles. The van der Waals surface area contributed by atoms with Crippen molar-refractivity contribution in [3.63, 3.8) is 0 Å². The number of methoxy groups -OCH3 is 1. The molecule has 7 nitrogen and oxygen atoms in total. The fourth-order valence-electron chi connectivity index (χ4n) is 3.86. The molecule has 3 aromatic carbocycles. The first-order chi connectivity index (χ1) is 17.5. The van der Waals surface area contributed by atoms with Crippen LogP contribution in [-0.4, -0.2) is 39.0 Å². The van der Waals surface area contributed by atoms with Gasteiger partial charge in [0.2, 0.25) is 0 Å². The Morgan fingerprint density at radius 3 is 2.28 bits per heavy atom. The van der Waals surface area contributed by atoms with Gasteiger partial charge in [-0.2, -0.15) is 0 Å². The molecule has 0 aliphatic rings. The van der Waals surface area contributed by atoms with E-state index in [9.17, 15) is 14.4 Å². The highest BCUT2D eigenvalue weighted by molar-refractivity contribution is 6.10. The summed E-state index contributed by atoms with van der Waals surface area (Å²) >= 11 is 0. The van der Waals surface area contributed by atoms with Gasteiger partial charge in [0.1, 0.15) is 5.75 Å². The minimum absolute atomic E-state index is 0.190. The number of ketones is 1. The van der Waals surface area contributed by atoms with E-state index in [1.807, 2.05) is 6.07 Å². The monoisotopic (exact) mass is 488 g/mol. The number of carbonyl (C=O) groups is 3. The molecule has 36 heavy (non-hydrogen) atoms. The Balaban J connectivity index is 1.55. The van der Waals surface area contributed by atoms with Crippen molar-refractivity contribution in [2.24, 2.45) is 0 Å². The molecule has 188 valence electrons. The summed E-state index contributed by atoms with van der Waals surface area (Å²) in [5.74, 6) is 0.616. The number of amides is 2. The van der Waals surface area contributed by atoms with Crippen LogP contribution in [-0.2, 0) is 11.2 Å². The maximum Gasteiger partial charge on any atom is 0.321 e. The van der Waals surface area contributed by atoms with Gasteiger partial charge in [-0.05, 0) is 67.3 Å². The number of unbranched alkanes of at least 4 members (excludes halogenated alkanes) is 3. The number of ether oxygens (including phenoxy) is 2. The van der Waals surface area contributed by atoms with Gasteiger partial charge in [0.05, 0.1) is 12.8 Å². The maximum atomic E-state index is 13.0. The zero-order chi connectivity index (χ0) is 25.8. The molecule has 0 fully saturated rings. The van der Waals surface area contributed by atoms with E-state index in [-0.39, 0.29) is 17.6 Å². The average Bonchev–Trinajstić information content (AvgIpc) is 2.92. The molecule has 0 atom stereocenters. The summed E-state index contributed by atoms with van der Waals surface area (Å²) in [7, 11) is 3.13. The lowest BCUT2D eigenvalue weighted by molar-refractivity contribution is -0.120. The van der Waals surface area contributed by atoms with Crippen LogP contribution in [0.3, 0.4) is 0 Å². The molecule has 3 rings (SSSR count). The van der Waals surface area contributed by atoms with Crippen LogP contribution in [0.4, 0.5) is 10.5 Å². The average molecular weight is 489 g/mol. The fourth-order valence-corrected chi connectivity index (χ4v) is 3.86. The molecule has 2 amide bonds. The molecule has 0 radical (unpaired) electrons. The SMILES string of the molecule is COc1ccc(C(=O)c2ccc(OC=O)c(N(C)C(=O)NCCCCCCc3ccccc3)c2)cc1. The van der Waals surface area contributed by atoms with Crippen LogP contribution in [0.1, 0.15) is 47.2 Å². The van der Waals surface area contributed by atoms with Gasteiger partial charge in [0, 0.05) is 24.7 Å². The van der Waals surface area contributed by atoms with Gasteiger partial charge in [0.25, 0.3) is 6.47 Å². The molecule has 0 aromatic heterocycles. The van der Waals surface area contributed by atoms with E-state index in [1.54, 1.807) is 50.6 Å². The zero-order valence-corrected chi connectivity index (χ0v) is 20.7. The number of hydrogen-bond acceptors (Lipinski definition) is 5. The van der Waals surface area contributed by atoms with Gasteiger partial charge in [-0.25, -0.2) is 4.79 Å². The Kier molecular flexibility index (Phi) is 10.1.